The average molecular weight is 341 g/mol. The third kappa shape index (κ3) is 6.63. The van der Waals surface area contributed by atoms with Gasteiger partial charge in [0.15, 0.2) is 0 Å². The van der Waals surface area contributed by atoms with Crippen molar-refractivity contribution in [2.75, 3.05) is 5.32 Å². The molecule has 0 aliphatic rings. The average Bonchev–Trinajstić information content (AvgIpc) is 2.61. The Hall–Kier alpha value is -2.89. The molecule has 2 rings (SSSR count). The lowest BCUT2D eigenvalue weighted by atomic mass is 10.0. The molecular weight excluding hydrogens is 318 g/mol. The first-order valence-corrected chi connectivity index (χ1v) is 8.22. The van der Waals surface area contributed by atoms with E-state index in [0.29, 0.717) is 12.1 Å². The van der Waals surface area contributed by atoms with E-state index in [1.54, 1.807) is 24.5 Å². The number of alkyl carbamates (subject to hydrolysis) is 1. The smallest absolute Gasteiger partial charge is 0.408 e. The number of rotatable bonds is 7. The second-order valence-electron chi connectivity index (χ2n) is 6.12. The van der Waals surface area contributed by atoms with E-state index in [0.717, 1.165) is 5.56 Å². The Bertz CT molecular complexity index is 675. The van der Waals surface area contributed by atoms with Gasteiger partial charge in [0.25, 0.3) is 0 Å². The summed E-state index contributed by atoms with van der Waals surface area (Å²) < 4.78 is 5.20. The van der Waals surface area contributed by atoms with E-state index in [1.807, 2.05) is 44.2 Å². The molecule has 1 aromatic carbocycles. The second kappa shape index (κ2) is 9.42. The molecule has 132 valence electrons. The van der Waals surface area contributed by atoms with Crippen molar-refractivity contribution in [1.29, 1.82) is 0 Å². The van der Waals surface area contributed by atoms with Gasteiger partial charge < -0.3 is 15.4 Å². The largest absolute Gasteiger partial charge is 0.445 e. The maximum absolute atomic E-state index is 12.4. The van der Waals surface area contributed by atoms with Crippen LogP contribution in [0.5, 0.6) is 0 Å². The Kier molecular flexibility index (Phi) is 6.95. The number of carbonyl (C=O) groups excluding carboxylic acids is 2. The Morgan fingerprint density at radius 1 is 1.12 bits per heavy atom. The van der Waals surface area contributed by atoms with Gasteiger partial charge >= 0.3 is 6.09 Å². The second-order valence-corrected chi connectivity index (χ2v) is 6.12. The Morgan fingerprint density at radius 3 is 2.52 bits per heavy atom. The monoisotopic (exact) mass is 341 g/mol. The number of anilines is 1. The highest BCUT2D eigenvalue weighted by atomic mass is 16.5. The molecule has 0 radical (unpaired) electrons. The minimum Gasteiger partial charge on any atom is -0.445 e. The van der Waals surface area contributed by atoms with E-state index >= 15 is 0 Å². The summed E-state index contributed by atoms with van der Waals surface area (Å²) in [5.41, 5.74) is 1.47. The Balaban J connectivity index is 1.92. The van der Waals surface area contributed by atoms with E-state index in [9.17, 15) is 9.59 Å². The number of ether oxygens (including phenoxy) is 1. The number of amides is 2. The van der Waals surface area contributed by atoms with Crippen LogP contribution in [0, 0.1) is 5.92 Å². The first-order chi connectivity index (χ1) is 12.0. The summed E-state index contributed by atoms with van der Waals surface area (Å²) in [6.45, 7) is 4.13. The summed E-state index contributed by atoms with van der Waals surface area (Å²) in [5, 5.41) is 5.40. The fourth-order valence-electron chi connectivity index (χ4n) is 2.28. The third-order valence-corrected chi connectivity index (χ3v) is 3.46. The molecule has 0 unspecified atom stereocenters. The molecule has 2 amide bonds. The number of nitrogens with one attached hydrogen (secondary N) is 2. The fraction of sp³-hybridized carbons (Fsp3) is 0.316. The van der Waals surface area contributed by atoms with Gasteiger partial charge in [-0.25, -0.2) is 4.79 Å². The van der Waals surface area contributed by atoms with E-state index in [2.05, 4.69) is 15.6 Å². The molecule has 6 heteroatoms. The number of benzene rings is 1. The molecule has 0 aliphatic heterocycles. The maximum Gasteiger partial charge on any atom is 0.408 e. The van der Waals surface area contributed by atoms with Crippen LogP contribution in [0.2, 0.25) is 0 Å². The van der Waals surface area contributed by atoms with Gasteiger partial charge in [0.05, 0.1) is 11.9 Å². The molecule has 1 aromatic heterocycles. The molecule has 1 atom stereocenters. The first-order valence-electron chi connectivity index (χ1n) is 8.22. The topological polar surface area (TPSA) is 80.3 Å². The normalized spacial score (nSPS) is 11.6. The Labute approximate surface area is 147 Å². The van der Waals surface area contributed by atoms with Crippen molar-refractivity contribution < 1.29 is 14.3 Å². The van der Waals surface area contributed by atoms with Crippen LogP contribution in [0.25, 0.3) is 0 Å². The zero-order chi connectivity index (χ0) is 18.1. The first kappa shape index (κ1) is 18.4. The van der Waals surface area contributed by atoms with Gasteiger partial charge in [0.2, 0.25) is 5.91 Å². The zero-order valence-electron chi connectivity index (χ0n) is 14.4. The molecule has 25 heavy (non-hydrogen) atoms. The van der Waals surface area contributed by atoms with Gasteiger partial charge in [-0.3, -0.25) is 9.78 Å². The van der Waals surface area contributed by atoms with Gasteiger partial charge in [-0.15, -0.1) is 0 Å². The van der Waals surface area contributed by atoms with Crippen LogP contribution in [-0.4, -0.2) is 23.0 Å². The summed E-state index contributed by atoms with van der Waals surface area (Å²) in [5.74, 6) is -0.0579. The van der Waals surface area contributed by atoms with Crippen LogP contribution in [0.15, 0.2) is 54.9 Å². The highest BCUT2D eigenvalue weighted by molar-refractivity contribution is 5.96. The molecule has 6 nitrogen and oxygen atoms in total. The molecule has 0 aliphatic carbocycles. The lowest BCUT2D eigenvalue weighted by Gasteiger charge is -2.20. The van der Waals surface area contributed by atoms with Crippen molar-refractivity contribution in [2.24, 2.45) is 5.92 Å². The fourth-order valence-corrected chi connectivity index (χ4v) is 2.28. The van der Waals surface area contributed by atoms with Gasteiger partial charge in [-0.05, 0) is 30.0 Å². The van der Waals surface area contributed by atoms with Gasteiger partial charge in [-0.1, -0.05) is 44.2 Å². The van der Waals surface area contributed by atoms with E-state index < -0.39 is 12.1 Å². The predicted octanol–water partition coefficient (Wildman–Crippen LogP) is 3.36. The van der Waals surface area contributed by atoms with Crippen LogP contribution in [0.1, 0.15) is 25.8 Å². The number of nitrogens with zero attached hydrogens (tertiary/aromatic N) is 1. The number of hydrogen-bond acceptors (Lipinski definition) is 4. The standard InChI is InChI=1S/C19H23N3O3/c1-14(2)11-17(18(23)21-16-9-6-10-20-12-16)22-19(24)25-13-15-7-4-3-5-8-15/h3-10,12,14,17H,11,13H2,1-2H3,(H,21,23)(H,22,24)/t17-/m1/s1. The minimum atomic E-state index is -0.677. The van der Waals surface area contributed by atoms with Crippen LogP contribution in [0.3, 0.4) is 0 Å². The van der Waals surface area contributed by atoms with Crippen molar-refractivity contribution in [3.63, 3.8) is 0 Å². The lowest BCUT2D eigenvalue weighted by molar-refractivity contribution is -0.118. The van der Waals surface area contributed by atoms with Crippen molar-refractivity contribution in [3.8, 4) is 0 Å². The third-order valence-electron chi connectivity index (χ3n) is 3.46. The highest BCUT2D eigenvalue weighted by Crippen LogP contribution is 2.10. The van der Waals surface area contributed by atoms with Crippen LogP contribution >= 0.6 is 0 Å². The summed E-state index contributed by atoms with van der Waals surface area (Å²) in [6.07, 6.45) is 3.07. The van der Waals surface area contributed by atoms with Crippen molar-refractivity contribution in [3.05, 3.63) is 60.4 Å². The summed E-state index contributed by atoms with van der Waals surface area (Å²) in [7, 11) is 0. The Morgan fingerprint density at radius 2 is 1.88 bits per heavy atom. The molecule has 0 saturated carbocycles. The van der Waals surface area contributed by atoms with E-state index in [4.69, 9.17) is 4.74 Å². The minimum absolute atomic E-state index is 0.158. The van der Waals surface area contributed by atoms with Gasteiger partial charge in [0, 0.05) is 6.20 Å². The van der Waals surface area contributed by atoms with E-state index in [-0.39, 0.29) is 18.4 Å². The van der Waals surface area contributed by atoms with Crippen LogP contribution < -0.4 is 10.6 Å². The molecule has 0 spiro atoms. The summed E-state index contributed by atoms with van der Waals surface area (Å²) >= 11 is 0. The SMILES string of the molecule is CC(C)C[C@@H](NC(=O)OCc1ccccc1)C(=O)Nc1cccnc1. The molecule has 2 aromatic rings. The highest BCUT2D eigenvalue weighted by Gasteiger charge is 2.22. The number of carbonyl (C=O) groups is 2. The molecule has 2 N–H and O–H groups in total. The molecular formula is C19H23N3O3. The van der Waals surface area contributed by atoms with Crippen molar-refractivity contribution >= 4 is 17.7 Å². The van der Waals surface area contributed by atoms with Gasteiger partial charge in [-0.2, -0.15) is 0 Å². The molecule has 0 bridgehead atoms. The van der Waals surface area contributed by atoms with Crippen molar-refractivity contribution in [2.45, 2.75) is 32.9 Å². The quantitative estimate of drug-likeness (QED) is 0.809. The summed E-state index contributed by atoms with van der Waals surface area (Å²) in [6, 6.07) is 12.2. The van der Waals surface area contributed by atoms with Crippen LogP contribution in [-0.2, 0) is 16.1 Å². The number of hydrogen-bond donors (Lipinski definition) is 2. The summed E-state index contributed by atoms with van der Waals surface area (Å²) in [4.78, 5) is 28.4. The van der Waals surface area contributed by atoms with Gasteiger partial charge in [0.1, 0.15) is 12.6 Å². The zero-order valence-corrected chi connectivity index (χ0v) is 14.4. The lowest BCUT2D eigenvalue weighted by Crippen LogP contribution is -2.44. The molecule has 1 heterocycles. The van der Waals surface area contributed by atoms with E-state index in [1.165, 1.54) is 0 Å². The maximum atomic E-state index is 12.4. The number of aromatic nitrogens is 1. The molecule has 0 saturated heterocycles. The van der Waals surface area contributed by atoms with Crippen LogP contribution in [0.4, 0.5) is 10.5 Å². The predicted molar refractivity (Wildman–Crippen MR) is 95.9 cm³/mol. The van der Waals surface area contributed by atoms with Crippen molar-refractivity contribution in [1.82, 2.24) is 10.3 Å². The molecule has 0 fully saturated rings. The number of pyridine rings is 1.